The van der Waals surface area contributed by atoms with Crippen LogP contribution < -0.4 is 10.3 Å². The van der Waals surface area contributed by atoms with Gasteiger partial charge in [0.2, 0.25) is 5.92 Å². The number of halogens is 3. The molecule has 2 aromatic rings. The molecule has 22 heavy (non-hydrogen) atoms. The molecule has 2 N–H and O–H groups in total. The number of aromatic nitrogens is 1. The lowest BCUT2D eigenvalue weighted by atomic mass is 9.82. The zero-order valence-corrected chi connectivity index (χ0v) is 12.2. The zero-order valence-electron chi connectivity index (χ0n) is 11.5. The standard InChI is InChI=1S/C15H13ClF2N2O2/c16-11-2-9-1-10(6-19)14(21)20-12(9)3-13(11)22-7-8-4-15(17,18)5-8/h1-3,6,8,19H,4-5,7H2,(H,20,21). The van der Waals surface area contributed by atoms with Gasteiger partial charge in [-0.15, -0.1) is 0 Å². The summed E-state index contributed by atoms with van der Waals surface area (Å²) in [7, 11) is 0. The summed E-state index contributed by atoms with van der Waals surface area (Å²) in [6.45, 7) is 0.170. The fourth-order valence-electron chi connectivity index (χ4n) is 2.55. The molecule has 1 aliphatic rings. The molecule has 1 heterocycles. The van der Waals surface area contributed by atoms with Gasteiger partial charge in [-0.25, -0.2) is 8.78 Å². The van der Waals surface area contributed by atoms with E-state index in [1.54, 1.807) is 18.2 Å². The van der Waals surface area contributed by atoms with E-state index in [1.165, 1.54) is 0 Å². The number of alkyl halides is 2. The van der Waals surface area contributed by atoms with Crippen LogP contribution in [-0.2, 0) is 0 Å². The average molecular weight is 327 g/mol. The highest BCUT2D eigenvalue weighted by Gasteiger charge is 2.45. The van der Waals surface area contributed by atoms with Gasteiger partial charge < -0.3 is 15.1 Å². The molecule has 116 valence electrons. The summed E-state index contributed by atoms with van der Waals surface area (Å²) < 4.78 is 31.1. The van der Waals surface area contributed by atoms with Crippen LogP contribution in [0.2, 0.25) is 5.02 Å². The minimum atomic E-state index is -2.57. The SMILES string of the molecule is N=Cc1cc2cc(Cl)c(OCC3CC(F)(F)C3)cc2[nH]c1=O. The van der Waals surface area contributed by atoms with Gasteiger partial charge in [0.1, 0.15) is 5.75 Å². The van der Waals surface area contributed by atoms with Crippen molar-refractivity contribution in [1.82, 2.24) is 4.98 Å². The molecule has 1 aromatic carbocycles. The van der Waals surface area contributed by atoms with Crippen molar-refractivity contribution in [2.75, 3.05) is 6.61 Å². The third-order valence-corrected chi connectivity index (χ3v) is 4.03. The molecule has 1 aromatic heterocycles. The van der Waals surface area contributed by atoms with Crippen molar-refractivity contribution in [3.63, 3.8) is 0 Å². The van der Waals surface area contributed by atoms with Crippen molar-refractivity contribution < 1.29 is 13.5 Å². The molecular weight excluding hydrogens is 314 g/mol. The van der Waals surface area contributed by atoms with Gasteiger partial charge in [0.15, 0.2) is 0 Å². The second-order valence-corrected chi connectivity index (χ2v) is 5.92. The summed E-state index contributed by atoms with van der Waals surface area (Å²) >= 11 is 6.12. The minimum Gasteiger partial charge on any atom is -0.492 e. The van der Waals surface area contributed by atoms with Crippen LogP contribution in [0, 0.1) is 11.3 Å². The molecule has 3 rings (SSSR count). The molecule has 7 heteroatoms. The van der Waals surface area contributed by atoms with E-state index in [4.69, 9.17) is 21.7 Å². The quantitative estimate of drug-likeness (QED) is 0.843. The molecule has 1 saturated carbocycles. The maximum Gasteiger partial charge on any atom is 0.257 e. The number of benzene rings is 1. The molecule has 4 nitrogen and oxygen atoms in total. The monoisotopic (exact) mass is 326 g/mol. The van der Waals surface area contributed by atoms with E-state index in [1.807, 2.05) is 0 Å². The van der Waals surface area contributed by atoms with Crippen molar-refractivity contribution in [2.45, 2.75) is 18.8 Å². The third kappa shape index (κ3) is 2.83. The highest BCUT2D eigenvalue weighted by molar-refractivity contribution is 6.32. The summed E-state index contributed by atoms with van der Waals surface area (Å²) in [5.41, 5.74) is 0.372. The van der Waals surface area contributed by atoms with Gasteiger partial charge in [0.05, 0.1) is 22.7 Å². The number of ether oxygens (including phenoxy) is 1. The molecule has 1 fully saturated rings. The fraction of sp³-hybridized carbons (Fsp3) is 0.333. The Bertz CT molecular complexity index is 796. The van der Waals surface area contributed by atoms with Crippen LogP contribution >= 0.6 is 11.6 Å². The van der Waals surface area contributed by atoms with Crippen LogP contribution in [0.25, 0.3) is 10.9 Å². The van der Waals surface area contributed by atoms with Gasteiger partial charge in [0.25, 0.3) is 5.56 Å². The topological polar surface area (TPSA) is 65.9 Å². The van der Waals surface area contributed by atoms with Crippen LogP contribution in [0.1, 0.15) is 18.4 Å². The average Bonchev–Trinajstić information content (AvgIpc) is 2.42. The van der Waals surface area contributed by atoms with Gasteiger partial charge in [-0.05, 0) is 12.1 Å². The summed E-state index contributed by atoms with van der Waals surface area (Å²) in [5.74, 6) is -2.40. The second-order valence-electron chi connectivity index (χ2n) is 5.51. The van der Waals surface area contributed by atoms with Crippen molar-refractivity contribution in [3.05, 3.63) is 39.1 Å². The smallest absolute Gasteiger partial charge is 0.257 e. The second kappa shape index (κ2) is 5.35. The van der Waals surface area contributed by atoms with Crippen molar-refractivity contribution in [3.8, 4) is 5.75 Å². The summed E-state index contributed by atoms with van der Waals surface area (Å²) in [4.78, 5) is 14.3. The number of hydrogen-bond acceptors (Lipinski definition) is 3. The molecule has 0 atom stereocenters. The minimum absolute atomic E-state index is 0.169. The molecule has 0 radical (unpaired) electrons. The predicted octanol–water partition coefficient (Wildman–Crippen LogP) is 3.60. The molecule has 0 amide bonds. The Hall–Kier alpha value is -1.95. The molecular formula is C15H13ClF2N2O2. The first kappa shape index (κ1) is 15.0. The van der Waals surface area contributed by atoms with Crippen LogP contribution in [0.5, 0.6) is 5.75 Å². The van der Waals surface area contributed by atoms with Gasteiger partial charge in [-0.1, -0.05) is 11.6 Å². The van der Waals surface area contributed by atoms with Crippen LogP contribution in [-0.4, -0.2) is 23.7 Å². The van der Waals surface area contributed by atoms with E-state index in [0.717, 1.165) is 6.21 Å². The third-order valence-electron chi connectivity index (χ3n) is 3.73. The molecule has 0 unspecified atom stereocenters. The van der Waals surface area contributed by atoms with E-state index in [0.29, 0.717) is 21.7 Å². The Morgan fingerprint density at radius 1 is 1.41 bits per heavy atom. The van der Waals surface area contributed by atoms with Crippen LogP contribution in [0.15, 0.2) is 23.0 Å². The summed E-state index contributed by atoms with van der Waals surface area (Å²) in [5, 5.41) is 8.17. The van der Waals surface area contributed by atoms with Gasteiger partial charge in [-0.3, -0.25) is 4.79 Å². The first-order valence-corrected chi connectivity index (χ1v) is 7.13. The Kier molecular flexibility index (Phi) is 3.64. The number of fused-ring (bicyclic) bond motifs is 1. The van der Waals surface area contributed by atoms with E-state index < -0.39 is 5.92 Å². The summed E-state index contributed by atoms with van der Waals surface area (Å²) in [6.07, 6.45) is 0.628. The van der Waals surface area contributed by atoms with E-state index in [-0.39, 0.29) is 36.5 Å². The van der Waals surface area contributed by atoms with Crippen molar-refractivity contribution in [2.24, 2.45) is 5.92 Å². The Morgan fingerprint density at radius 2 is 2.14 bits per heavy atom. The first-order valence-electron chi connectivity index (χ1n) is 6.76. The van der Waals surface area contributed by atoms with Gasteiger partial charge in [0, 0.05) is 36.4 Å². The molecule has 1 aliphatic carbocycles. The molecule has 0 bridgehead atoms. The van der Waals surface area contributed by atoms with Crippen molar-refractivity contribution >= 4 is 28.7 Å². The zero-order chi connectivity index (χ0) is 15.9. The summed E-state index contributed by atoms with van der Waals surface area (Å²) in [6, 6.07) is 4.75. The molecule has 0 aliphatic heterocycles. The maximum atomic E-state index is 12.8. The number of hydrogen-bond donors (Lipinski definition) is 2. The van der Waals surface area contributed by atoms with E-state index in [2.05, 4.69) is 4.98 Å². The van der Waals surface area contributed by atoms with Gasteiger partial charge >= 0.3 is 0 Å². The Labute approximate surface area is 129 Å². The maximum absolute atomic E-state index is 12.8. The number of rotatable bonds is 4. The van der Waals surface area contributed by atoms with Crippen LogP contribution in [0.3, 0.4) is 0 Å². The highest BCUT2D eigenvalue weighted by atomic mass is 35.5. The number of nitrogens with one attached hydrogen (secondary N) is 2. The first-order chi connectivity index (χ1) is 10.4. The lowest BCUT2D eigenvalue weighted by Crippen LogP contribution is -2.38. The lowest BCUT2D eigenvalue weighted by molar-refractivity contribution is -0.119. The predicted molar refractivity (Wildman–Crippen MR) is 80.6 cm³/mol. The van der Waals surface area contributed by atoms with Crippen molar-refractivity contribution in [1.29, 1.82) is 5.41 Å². The van der Waals surface area contributed by atoms with Gasteiger partial charge in [-0.2, -0.15) is 0 Å². The Balaban J connectivity index is 1.83. The number of aromatic amines is 1. The highest BCUT2D eigenvalue weighted by Crippen LogP contribution is 2.42. The number of H-pyrrole nitrogens is 1. The Morgan fingerprint density at radius 3 is 2.77 bits per heavy atom. The molecule has 0 spiro atoms. The van der Waals surface area contributed by atoms with E-state index in [9.17, 15) is 13.6 Å². The largest absolute Gasteiger partial charge is 0.492 e. The number of pyridine rings is 1. The normalized spacial score (nSPS) is 17.2. The van der Waals surface area contributed by atoms with E-state index >= 15 is 0 Å². The van der Waals surface area contributed by atoms with Crippen LogP contribution in [0.4, 0.5) is 8.78 Å². The fourth-order valence-corrected chi connectivity index (χ4v) is 2.78. The molecule has 0 saturated heterocycles. The lowest BCUT2D eigenvalue weighted by Gasteiger charge is -2.34.